The lowest BCUT2D eigenvalue weighted by molar-refractivity contribution is 0.523. The lowest BCUT2D eigenvalue weighted by Gasteiger charge is -2.04. The van der Waals surface area contributed by atoms with Gasteiger partial charge < -0.3 is 0 Å². The SMILES string of the molecule is CCCCCCCCCCCCCCCCCCCCCc1ccncc1. The molecule has 1 aromatic rings. The molecule has 1 rings (SSSR count). The summed E-state index contributed by atoms with van der Waals surface area (Å²) in [5, 5.41) is 0. The molecular formula is C26H47N. The number of hydrogen-bond acceptors (Lipinski definition) is 1. The van der Waals surface area contributed by atoms with Gasteiger partial charge in [0.05, 0.1) is 0 Å². The van der Waals surface area contributed by atoms with Crippen molar-refractivity contribution >= 4 is 0 Å². The summed E-state index contributed by atoms with van der Waals surface area (Å²) in [4.78, 5) is 4.08. The van der Waals surface area contributed by atoms with Crippen LogP contribution in [0, 0.1) is 0 Å². The first-order chi connectivity index (χ1) is 13.4. The number of nitrogens with zero attached hydrogens (tertiary/aromatic N) is 1. The van der Waals surface area contributed by atoms with Gasteiger partial charge in [-0.2, -0.15) is 0 Å². The van der Waals surface area contributed by atoms with Crippen LogP contribution in [0.15, 0.2) is 24.5 Å². The monoisotopic (exact) mass is 373 g/mol. The van der Waals surface area contributed by atoms with E-state index in [1.54, 1.807) is 0 Å². The molecule has 156 valence electrons. The molecule has 1 heterocycles. The van der Waals surface area contributed by atoms with E-state index < -0.39 is 0 Å². The van der Waals surface area contributed by atoms with E-state index in [1.165, 1.54) is 134 Å². The first-order valence-corrected chi connectivity index (χ1v) is 12.3. The van der Waals surface area contributed by atoms with Crippen molar-refractivity contribution in [1.29, 1.82) is 0 Å². The summed E-state index contributed by atoms with van der Waals surface area (Å²) in [5.41, 5.74) is 1.44. The second-order valence-electron chi connectivity index (χ2n) is 8.47. The third-order valence-electron chi connectivity index (χ3n) is 5.82. The predicted molar refractivity (Wildman–Crippen MR) is 121 cm³/mol. The smallest absolute Gasteiger partial charge is 0.0270 e. The summed E-state index contributed by atoms with van der Waals surface area (Å²) in [6, 6.07) is 4.29. The number of rotatable bonds is 20. The molecule has 0 fully saturated rings. The highest BCUT2D eigenvalue weighted by Gasteiger charge is 1.96. The normalized spacial score (nSPS) is 11.1. The topological polar surface area (TPSA) is 12.9 Å². The molecule has 0 spiro atoms. The van der Waals surface area contributed by atoms with E-state index in [-0.39, 0.29) is 0 Å². The molecule has 0 aliphatic heterocycles. The average Bonchev–Trinajstić information content (AvgIpc) is 2.70. The van der Waals surface area contributed by atoms with Gasteiger partial charge in [-0.25, -0.2) is 0 Å². The van der Waals surface area contributed by atoms with E-state index >= 15 is 0 Å². The summed E-state index contributed by atoms with van der Waals surface area (Å²) in [7, 11) is 0. The average molecular weight is 374 g/mol. The summed E-state index contributed by atoms with van der Waals surface area (Å²) in [5.74, 6) is 0. The molecule has 0 amide bonds. The Hall–Kier alpha value is -0.850. The second-order valence-corrected chi connectivity index (χ2v) is 8.47. The van der Waals surface area contributed by atoms with Crippen LogP contribution >= 0.6 is 0 Å². The van der Waals surface area contributed by atoms with Crippen molar-refractivity contribution in [3.8, 4) is 0 Å². The van der Waals surface area contributed by atoms with E-state index in [9.17, 15) is 0 Å². The fourth-order valence-corrected chi connectivity index (χ4v) is 3.96. The molecule has 0 aromatic carbocycles. The Morgan fingerprint density at radius 2 is 0.815 bits per heavy atom. The van der Waals surface area contributed by atoms with E-state index in [0.29, 0.717) is 0 Å². The quantitative estimate of drug-likeness (QED) is 0.208. The van der Waals surface area contributed by atoms with Crippen molar-refractivity contribution in [2.24, 2.45) is 0 Å². The van der Waals surface area contributed by atoms with Gasteiger partial charge in [0, 0.05) is 12.4 Å². The Bertz CT molecular complexity index is 386. The third-order valence-corrected chi connectivity index (χ3v) is 5.82. The Morgan fingerprint density at radius 1 is 0.481 bits per heavy atom. The zero-order valence-electron chi connectivity index (χ0n) is 18.4. The van der Waals surface area contributed by atoms with E-state index in [4.69, 9.17) is 0 Å². The number of pyridine rings is 1. The number of aromatic nitrogens is 1. The number of aryl methyl sites for hydroxylation is 1. The molecule has 0 N–H and O–H groups in total. The highest BCUT2D eigenvalue weighted by Crippen LogP contribution is 2.15. The molecule has 0 atom stereocenters. The minimum Gasteiger partial charge on any atom is -0.265 e. The number of unbranched alkanes of at least 4 members (excludes halogenated alkanes) is 18. The van der Waals surface area contributed by atoms with Gasteiger partial charge >= 0.3 is 0 Å². The molecule has 0 unspecified atom stereocenters. The molecule has 1 heteroatoms. The van der Waals surface area contributed by atoms with Gasteiger partial charge in [0.1, 0.15) is 0 Å². The summed E-state index contributed by atoms with van der Waals surface area (Å²) < 4.78 is 0. The molecule has 0 aliphatic carbocycles. The minimum atomic E-state index is 1.22. The first-order valence-electron chi connectivity index (χ1n) is 12.3. The number of hydrogen-bond donors (Lipinski definition) is 0. The molecule has 0 aliphatic rings. The molecule has 0 radical (unpaired) electrons. The highest BCUT2D eigenvalue weighted by atomic mass is 14.6. The molecule has 1 aromatic heterocycles. The summed E-state index contributed by atoms with van der Waals surface area (Å²) in [6.07, 6.45) is 32.6. The fraction of sp³-hybridized carbons (Fsp3) is 0.808. The lowest BCUT2D eigenvalue weighted by Crippen LogP contribution is -1.87. The van der Waals surface area contributed by atoms with Crippen LogP contribution in [-0.4, -0.2) is 4.98 Å². The van der Waals surface area contributed by atoms with Crippen molar-refractivity contribution in [3.63, 3.8) is 0 Å². The van der Waals surface area contributed by atoms with Crippen LogP contribution in [0.1, 0.15) is 134 Å². The predicted octanol–water partition coefficient (Wildman–Crippen LogP) is 9.06. The van der Waals surface area contributed by atoms with Crippen LogP contribution in [-0.2, 0) is 6.42 Å². The van der Waals surface area contributed by atoms with Gasteiger partial charge in [-0.05, 0) is 30.5 Å². The van der Waals surface area contributed by atoms with Gasteiger partial charge in [-0.1, -0.05) is 122 Å². The van der Waals surface area contributed by atoms with Crippen molar-refractivity contribution in [2.45, 2.75) is 135 Å². The molecule has 1 nitrogen and oxygen atoms in total. The van der Waals surface area contributed by atoms with E-state index in [0.717, 1.165) is 0 Å². The zero-order valence-corrected chi connectivity index (χ0v) is 18.4. The maximum absolute atomic E-state index is 4.08. The molecular weight excluding hydrogens is 326 g/mol. The molecule has 0 bridgehead atoms. The van der Waals surface area contributed by atoms with Crippen molar-refractivity contribution in [3.05, 3.63) is 30.1 Å². The maximum atomic E-state index is 4.08. The maximum Gasteiger partial charge on any atom is 0.0270 e. The van der Waals surface area contributed by atoms with Crippen molar-refractivity contribution in [2.75, 3.05) is 0 Å². The minimum absolute atomic E-state index is 1.22. The van der Waals surface area contributed by atoms with E-state index in [1.807, 2.05) is 12.4 Å². The second kappa shape index (κ2) is 19.9. The first kappa shape index (κ1) is 24.2. The van der Waals surface area contributed by atoms with E-state index in [2.05, 4.69) is 24.0 Å². The molecule has 0 saturated heterocycles. The van der Waals surface area contributed by atoms with Crippen LogP contribution in [0.3, 0.4) is 0 Å². The van der Waals surface area contributed by atoms with Crippen LogP contribution in [0.25, 0.3) is 0 Å². The summed E-state index contributed by atoms with van der Waals surface area (Å²) in [6.45, 7) is 2.30. The van der Waals surface area contributed by atoms with Crippen LogP contribution in [0.5, 0.6) is 0 Å². The van der Waals surface area contributed by atoms with Crippen LogP contribution < -0.4 is 0 Å². The zero-order chi connectivity index (χ0) is 19.3. The highest BCUT2D eigenvalue weighted by molar-refractivity contribution is 5.09. The molecule has 0 saturated carbocycles. The van der Waals surface area contributed by atoms with Crippen LogP contribution in [0.2, 0.25) is 0 Å². The third kappa shape index (κ3) is 17.0. The van der Waals surface area contributed by atoms with Crippen LogP contribution in [0.4, 0.5) is 0 Å². The summed E-state index contributed by atoms with van der Waals surface area (Å²) >= 11 is 0. The van der Waals surface area contributed by atoms with Crippen molar-refractivity contribution < 1.29 is 0 Å². The molecule has 27 heavy (non-hydrogen) atoms. The van der Waals surface area contributed by atoms with Gasteiger partial charge in [-0.3, -0.25) is 4.98 Å². The Labute approximate surface area is 170 Å². The lowest BCUT2D eigenvalue weighted by atomic mass is 10.0. The Kier molecular flexibility index (Phi) is 17.8. The Morgan fingerprint density at radius 3 is 1.19 bits per heavy atom. The Balaban J connectivity index is 1.67. The fourth-order valence-electron chi connectivity index (χ4n) is 3.96. The van der Waals surface area contributed by atoms with Gasteiger partial charge in [0.15, 0.2) is 0 Å². The van der Waals surface area contributed by atoms with Gasteiger partial charge in [0.25, 0.3) is 0 Å². The standard InChI is InChI=1S/C26H47N/c1-2-3-4-5-6-7-8-9-10-11-12-13-14-15-16-17-18-19-20-21-26-22-24-27-25-23-26/h22-25H,2-21H2,1H3. The van der Waals surface area contributed by atoms with Gasteiger partial charge in [-0.15, -0.1) is 0 Å². The largest absolute Gasteiger partial charge is 0.265 e. The van der Waals surface area contributed by atoms with Crippen molar-refractivity contribution in [1.82, 2.24) is 4.98 Å². The van der Waals surface area contributed by atoms with Gasteiger partial charge in [0.2, 0.25) is 0 Å².